The molecule has 0 spiro atoms. The molecule has 0 atom stereocenters. The van der Waals surface area contributed by atoms with Gasteiger partial charge in [-0.1, -0.05) is 65.5 Å². The summed E-state index contributed by atoms with van der Waals surface area (Å²) in [6.45, 7) is 8.72. The Bertz CT molecular complexity index is 501. The van der Waals surface area contributed by atoms with Gasteiger partial charge in [-0.15, -0.1) is 0 Å². The summed E-state index contributed by atoms with van der Waals surface area (Å²) < 4.78 is 22.3. The largest absolute Gasteiger partial charge is 0.493 e. The summed E-state index contributed by atoms with van der Waals surface area (Å²) in [6.07, 6.45) is 7.19. The highest BCUT2D eigenvalue weighted by Gasteiger charge is 2.50. The lowest BCUT2D eigenvalue weighted by Gasteiger charge is -2.46. The van der Waals surface area contributed by atoms with Gasteiger partial charge in [0, 0.05) is 11.0 Å². The zero-order valence-corrected chi connectivity index (χ0v) is 16.4. The maximum absolute atomic E-state index is 16.2. The monoisotopic (exact) mass is 350 g/mol. The van der Waals surface area contributed by atoms with Crippen LogP contribution in [-0.2, 0) is 0 Å². The van der Waals surface area contributed by atoms with Crippen molar-refractivity contribution < 1.29 is 13.9 Å². The first kappa shape index (κ1) is 21.7. The van der Waals surface area contributed by atoms with Crippen LogP contribution >= 0.6 is 0 Å². The van der Waals surface area contributed by atoms with Gasteiger partial charge >= 0.3 is 0 Å². The van der Waals surface area contributed by atoms with E-state index in [-0.39, 0.29) is 0 Å². The molecule has 0 saturated heterocycles. The maximum atomic E-state index is 16.2. The molecule has 0 aliphatic rings. The number of carbonyl (C=O) groups is 1. The fourth-order valence-corrected chi connectivity index (χ4v) is 4.15. The lowest BCUT2D eigenvalue weighted by Crippen LogP contribution is -2.49. The Hall–Kier alpha value is -1.38. The third-order valence-electron chi connectivity index (χ3n) is 5.21. The van der Waals surface area contributed by atoms with Gasteiger partial charge < -0.3 is 4.74 Å². The Morgan fingerprint density at radius 1 is 0.960 bits per heavy atom. The van der Waals surface area contributed by atoms with Gasteiger partial charge in [-0.25, -0.2) is 4.39 Å². The number of halogens is 1. The molecule has 0 aliphatic carbocycles. The first-order valence-electron chi connectivity index (χ1n) is 9.87. The smallest absolute Gasteiger partial charge is 0.150 e. The predicted octanol–water partition coefficient (Wildman–Crippen LogP) is 6.77. The number of hydrogen-bond donors (Lipinski definition) is 0. The zero-order chi connectivity index (χ0) is 18.8. The van der Waals surface area contributed by atoms with Crippen molar-refractivity contribution in [3.63, 3.8) is 0 Å². The van der Waals surface area contributed by atoms with Crippen LogP contribution in [0.4, 0.5) is 4.39 Å². The van der Waals surface area contributed by atoms with Gasteiger partial charge in [0.05, 0.1) is 6.61 Å². The fraction of sp³-hybridized carbons (Fsp3) is 0.682. The molecule has 2 nitrogen and oxygen atoms in total. The van der Waals surface area contributed by atoms with Crippen LogP contribution in [0.2, 0.25) is 0 Å². The Labute approximate surface area is 153 Å². The third-order valence-corrected chi connectivity index (χ3v) is 5.21. The summed E-state index contributed by atoms with van der Waals surface area (Å²) >= 11 is 0. The van der Waals surface area contributed by atoms with E-state index in [0.717, 1.165) is 44.8 Å². The highest BCUT2D eigenvalue weighted by Crippen LogP contribution is 2.49. The van der Waals surface area contributed by atoms with Crippen LogP contribution in [0, 0.1) is 5.41 Å². The zero-order valence-electron chi connectivity index (χ0n) is 16.4. The molecule has 0 fully saturated rings. The first-order chi connectivity index (χ1) is 12.0. The first-order valence-corrected chi connectivity index (χ1v) is 9.87. The van der Waals surface area contributed by atoms with Gasteiger partial charge in [0.15, 0.2) is 0 Å². The van der Waals surface area contributed by atoms with E-state index in [0.29, 0.717) is 30.8 Å². The van der Waals surface area contributed by atoms with Crippen molar-refractivity contribution in [2.45, 2.75) is 84.7 Å². The van der Waals surface area contributed by atoms with Crippen LogP contribution < -0.4 is 4.74 Å². The van der Waals surface area contributed by atoms with Crippen molar-refractivity contribution in [1.29, 1.82) is 0 Å². The molecule has 1 aromatic carbocycles. The summed E-state index contributed by atoms with van der Waals surface area (Å²) in [5, 5.41) is 0. The van der Waals surface area contributed by atoms with Gasteiger partial charge in [0.1, 0.15) is 17.7 Å². The van der Waals surface area contributed by atoms with Crippen LogP contribution in [-0.4, -0.2) is 18.6 Å². The van der Waals surface area contributed by atoms with Gasteiger partial charge in [-0.3, -0.25) is 4.79 Å². The van der Waals surface area contributed by atoms with E-state index in [1.54, 1.807) is 18.2 Å². The molecule has 0 N–H and O–H groups in total. The molecule has 0 amide bonds. The normalized spacial score (nSPS) is 12.2. The predicted molar refractivity (Wildman–Crippen MR) is 103 cm³/mol. The molecule has 1 rings (SSSR count). The van der Waals surface area contributed by atoms with Gasteiger partial charge in [-0.05, 0) is 37.8 Å². The average molecular weight is 351 g/mol. The minimum atomic E-state index is -1.20. The minimum absolute atomic E-state index is 0.369. The van der Waals surface area contributed by atoms with Crippen LogP contribution in [0.15, 0.2) is 24.3 Å². The SMILES string of the molecule is CCCC(F)(CCC)C(CCC)(CCC)COc1cccc(C=O)c1. The molecule has 0 radical (unpaired) electrons. The maximum Gasteiger partial charge on any atom is 0.150 e. The molecule has 1 aromatic rings. The molecule has 0 saturated carbocycles. The summed E-state index contributed by atoms with van der Waals surface area (Å²) in [4.78, 5) is 11.0. The highest BCUT2D eigenvalue weighted by molar-refractivity contribution is 5.75. The standard InChI is InChI=1S/C22H35FO2/c1-5-12-21(13-6-2,22(23,14-7-3)15-8-4)18-25-20-11-9-10-19(16-20)17-24/h9-11,16-17H,5-8,12-15,18H2,1-4H3. The van der Waals surface area contributed by atoms with Crippen molar-refractivity contribution in [1.82, 2.24) is 0 Å². The molecule has 0 bridgehead atoms. The number of hydrogen-bond acceptors (Lipinski definition) is 2. The molecule has 3 heteroatoms. The quantitative estimate of drug-likeness (QED) is 0.367. The van der Waals surface area contributed by atoms with Gasteiger partial charge in [0.25, 0.3) is 0 Å². The van der Waals surface area contributed by atoms with E-state index < -0.39 is 11.1 Å². The molecule has 0 aliphatic heterocycles. The van der Waals surface area contributed by atoms with Crippen LogP contribution in [0.1, 0.15) is 89.4 Å². The molecular weight excluding hydrogens is 315 g/mol. The molecule has 0 aromatic heterocycles. The second-order valence-electron chi connectivity index (χ2n) is 7.22. The Morgan fingerprint density at radius 3 is 2.00 bits per heavy atom. The number of carbonyl (C=O) groups excluding carboxylic acids is 1. The highest BCUT2D eigenvalue weighted by atomic mass is 19.1. The molecule has 25 heavy (non-hydrogen) atoms. The van der Waals surface area contributed by atoms with Crippen LogP contribution in [0.25, 0.3) is 0 Å². The van der Waals surface area contributed by atoms with Crippen LogP contribution in [0.5, 0.6) is 5.75 Å². The average Bonchev–Trinajstić information content (AvgIpc) is 2.60. The second-order valence-corrected chi connectivity index (χ2v) is 7.22. The topological polar surface area (TPSA) is 26.3 Å². The van der Waals surface area contributed by atoms with E-state index >= 15 is 4.39 Å². The summed E-state index contributed by atoms with van der Waals surface area (Å²) in [5.74, 6) is 0.650. The van der Waals surface area contributed by atoms with E-state index in [1.807, 2.05) is 6.07 Å². The van der Waals surface area contributed by atoms with Gasteiger partial charge in [-0.2, -0.15) is 0 Å². The van der Waals surface area contributed by atoms with Crippen molar-refractivity contribution in [2.75, 3.05) is 6.61 Å². The van der Waals surface area contributed by atoms with Crippen molar-refractivity contribution in [3.05, 3.63) is 29.8 Å². The molecule has 142 valence electrons. The molecule has 0 unspecified atom stereocenters. The summed E-state index contributed by atoms with van der Waals surface area (Å²) in [5.41, 5.74) is -1.09. The lowest BCUT2D eigenvalue weighted by molar-refractivity contribution is -0.0675. The fourth-order valence-electron chi connectivity index (χ4n) is 4.15. The van der Waals surface area contributed by atoms with Crippen molar-refractivity contribution >= 4 is 6.29 Å². The Morgan fingerprint density at radius 2 is 1.52 bits per heavy atom. The number of rotatable bonds is 13. The Kier molecular flexibility index (Phi) is 9.16. The third kappa shape index (κ3) is 5.55. The van der Waals surface area contributed by atoms with Gasteiger partial charge in [0.2, 0.25) is 0 Å². The van der Waals surface area contributed by atoms with E-state index in [1.165, 1.54) is 0 Å². The van der Waals surface area contributed by atoms with Crippen molar-refractivity contribution in [3.8, 4) is 5.75 Å². The summed E-state index contributed by atoms with van der Waals surface area (Å²) in [7, 11) is 0. The van der Waals surface area contributed by atoms with E-state index in [2.05, 4.69) is 27.7 Å². The molecular formula is C22H35FO2. The lowest BCUT2D eigenvalue weighted by atomic mass is 9.64. The summed E-state index contributed by atoms with van der Waals surface area (Å²) in [6, 6.07) is 7.13. The van der Waals surface area contributed by atoms with Crippen LogP contribution in [0.3, 0.4) is 0 Å². The minimum Gasteiger partial charge on any atom is -0.493 e. The number of benzene rings is 1. The molecule has 0 heterocycles. The second kappa shape index (κ2) is 10.6. The number of aldehydes is 1. The number of alkyl halides is 1. The Balaban J connectivity index is 3.13. The number of ether oxygens (including phenoxy) is 1. The van der Waals surface area contributed by atoms with E-state index in [4.69, 9.17) is 4.74 Å². The van der Waals surface area contributed by atoms with E-state index in [9.17, 15) is 4.79 Å². The van der Waals surface area contributed by atoms with Crippen molar-refractivity contribution in [2.24, 2.45) is 5.41 Å².